The summed E-state index contributed by atoms with van der Waals surface area (Å²) in [5.41, 5.74) is 0.627. The number of anilines is 3. The summed E-state index contributed by atoms with van der Waals surface area (Å²) in [7, 11) is 3.05. The number of carbonyl (C=O) groups excluding carboxylic acids is 2. The summed E-state index contributed by atoms with van der Waals surface area (Å²) < 4.78 is 18.2. The topological polar surface area (TPSA) is 148 Å². The van der Waals surface area contributed by atoms with Crippen molar-refractivity contribution in [3.63, 3.8) is 0 Å². The van der Waals surface area contributed by atoms with E-state index in [1.165, 1.54) is 42.8 Å². The zero-order valence-electron chi connectivity index (χ0n) is 21.1. The number of carbonyl (C=O) groups is 2. The van der Waals surface area contributed by atoms with Crippen LogP contribution in [0.1, 0.15) is 26.7 Å². The van der Waals surface area contributed by atoms with Gasteiger partial charge in [-0.1, -0.05) is 0 Å². The molecule has 0 bridgehead atoms. The Labute approximate surface area is 213 Å². The number of rotatable bonds is 7. The zero-order chi connectivity index (χ0) is 27.7. The minimum Gasteiger partial charge on any atom is -0.381 e. The Morgan fingerprint density at radius 3 is 1.92 bits per heavy atom. The van der Waals surface area contributed by atoms with Crippen molar-refractivity contribution in [3.05, 3.63) is 62.4 Å². The van der Waals surface area contributed by atoms with Gasteiger partial charge in [0.25, 0.3) is 5.69 Å². The molecule has 0 unspecified atom stereocenters. The van der Waals surface area contributed by atoms with Gasteiger partial charge in [0.1, 0.15) is 5.69 Å². The van der Waals surface area contributed by atoms with Gasteiger partial charge in [0, 0.05) is 59.8 Å². The van der Waals surface area contributed by atoms with E-state index in [0.717, 1.165) is 38.2 Å². The average molecular weight is 520 g/mol. The molecule has 200 valence electrons. The molecule has 1 aliphatic heterocycles. The van der Waals surface area contributed by atoms with Crippen molar-refractivity contribution in [2.45, 2.75) is 26.7 Å². The zero-order valence-corrected chi connectivity index (χ0v) is 21.1. The van der Waals surface area contributed by atoms with Gasteiger partial charge in [-0.15, -0.1) is 0 Å². The number of ether oxygens (including phenoxy) is 1. The number of benzene rings is 2. The maximum atomic E-state index is 12.9. The highest BCUT2D eigenvalue weighted by atomic mass is 19.1. The first-order valence-electron chi connectivity index (χ1n) is 11.4. The summed E-state index contributed by atoms with van der Waals surface area (Å²) in [6.45, 7) is 4.91. The van der Waals surface area contributed by atoms with Crippen LogP contribution in [0.4, 0.5) is 32.8 Å². The Hall–Kier alpha value is -4.13. The largest absolute Gasteiger partial charge is 0.381 e. The lowest BCUT2D eigenvalue weighted by Crippen LogP contribution is -2.24. The van der Waals surface area contributed by atoms with Crippen molar-refractivity contribution in [2.75, 3.05) is 49.0 Å². The number of nitro groups is 2. The summed E-state index contributed by atoms with van der Waals surface area (Å²) in [4.78, 5) is 45.4. The molecule has 0 atom stereocenters. The summed E-state index contributed by atoms with van der Waals surface area (Å²) >= 11 is 0. The first kappa shape index (κ1) is 29.1. The van der Waals surface area contributed by atoms with Gasteiger partial charge >= 0.3 is 5.69 Å². The van der Waals surface area contributed by atoms with Crippen molar-refractivity contribution >= 4 is 40.3 Å². The van der Waals surface area contributed by atoms with Gasteiger partial charge < -0.3 is 19.9 Å². The minimum absolute atomic E-state index is 0.0161. The molecule has 0 saturated carbocycles. The van der Waals surface area contributed by atoms with Crippen molar-refractivity contribution in [1.82, 2.24) is 0 Å². The molecule has 2 aromatic carbocycles. The van der Waals surface area contributed by atoms with E-state index >= 15 is 0 Å². The van der Waals surface area contributed by atoms with E-state index in [2.05, 4.69) is 5.32 Å². The van der Waals surface area contributed by atoms with Gasteiger partial charge in [-0.25, -0.2) is 0 Å². The first-order chi connectivity index (χ1) is 17.4. The van der Waals surface area contributed by atoms with E-state index in [0.29, 0.717) is 23.8 Å². The third-order valence-corrected chi connectivity index (χ3v) is 5.95. The van der Waals surface area contributed by atoms with Gasteiger partial charge in [-0.3, -0.25) is 29.8 Å². The van der Waals surface area contributed by atoms with Crippen LogP contribution in [0.3, 0.4) is 0 Å². The SMILES string of the molecule is CC(=O)N(C)c1ccc(F)c([N+](=O)[O-])c1.CC(=O)N(C)c1ccc(NCC2CCOCC2)c([N+](=O)[O-])c1. The fourth-order valence-corrected chi connectivity index (χ4v) is 3.45. The van der Waals surface area contributed by atoms with Gasteiger partial charge in [-0.05, 0) is 43.0 Å². The van der Waals surface area contributed by atoms with Crippen LogP contribution < -0.4 is 15.1 Å². The number of hydrogen-bond acceptors (Lipinski definition) is 8. The number of hydrogen-bond donors (Lipinski definition) is 1. The normalized spacial score (nSPS) is 13.1. The van der Waals surface area contributed by atoms with Crippen LogP contribution in [0.2, 0.25) is 0 Å². The van der Waals surface area contributed by atoms with Crippen LogP contribution in [0.25, 0.3) is 0 Å². The number of amides is 2. The molecular formula is C24H30FN5O7. The Morgan fingerprint density at radius 1 is 0.946 bits per heavy atom. The predicted molar refractivity (Wildman–Crippen MR) is 136 cm³/mol. The molecule has 37 heavy (non-hydrogen) atoms. The maximum absolute atomic E-state index is 12.9. The van der Waals surface area contributed by atoms with E-state index in [4.69, 9.17) is 4.74 Å². The molecule has 2 amide bonds. The number of nitro benzene ring substituents is 2. The standard InChI is InChI=1S/C15H21N3O4.C9H9FN2O3/c1-11(19)17(2)13-3-4-14(15(9-13)18(20)21)16-10-12-5-7-22-8-6-12;1-6(13)11(2)7-3-4-8(10)9(5-7)12(14)15/h3-4,9,12,16H,5-8,10H2,1-2H3;3-5H,1-2H3. The Bertz CT molecular complexity index is 1150. The molecule has 1 fully saturated rings. The third-order valence-electron chi connectivity index (χ3n) is 5.95. The molecule has 3 rings (SSSR count). The lowest BCUT2D eigenvalue weighted by atomic mass is 10.0. The second-order valence-electron chi connectivity index (χ2n) is 8.44. The second kappa shape index (κ2) is 13.3. The van der Waals surface area contributed by atoms with Gasteiger partial charge in [0.2, 0.25) is 17.6 Å². The summed E-state index contributed by atoms with van der Waals surface area (Å²) in [6.07, 6.45) is 1.93. The number of nitrogens with zero attached hydrogens (tertiary/aromatic N) is 4. The Kier molecular flexibility index (Phi) is 10.4. The predicted octanol–water partition coefficient (Wildman–Crippen LogP) is 4.13. The minimum atomic E-state index is -0.916. The molecule has 0 spiro atoms. The van der Waals surface area contributed by atoms with Crippen LogP contribution in [-0.4, -0.2) is 55.5 Å². The molecule has 0 aromatic heterocycles. The number of nitrogens with one attached hydrogen (secondary N) is 1. The molecule has 1 N–H and O–H groups in total. The molecule has 0 aliphatic carbocycles. The fraction of sp³-hybridized carbons (Fsp3) is 0.417. The first-order valence-corrected chi connectivity index (χ1v) is 11.4. The fourth-order valence-electron chi connectivity index (χ4n) is 3.45. The van der Waals surface area contributed by atoms with Crippen LogP contribution in [0.5, 0.6) is 0 Å². The van der Waals surface area contributed by atoms with E-state index in [9.17, 15) is 34.2 Å². The molecule has 12 nitrogen and oxygen atoms in total. The monoisotopic (exact) mass is 519 g/mol. The Balaban J connectivity index is 0.000000281. The van der Waals surface area contributed by atoms with Crippen LogP contribution >= 0.6 is 0 Å². The smallest absolute Gasteiger partial charge is 0.306 e. The molecule has 1 aliphatic rings. The maximum Gasteiger partial charge on any atom is 0.306 e. The summed E-state index contributed by atoms with van der Waals surface area (Å²) in [5, 5.41) is 24.8. The van der Waals surface area contributed by atoms with Crippen molar-refractivity contribution in [2.24, 2.45) is 5.92 Å². The highest BCUT2D eigenvalue weighted by Gasteiger charge is 2.20. The van der Waals surface area contributed by atoms with E-state index in [-0.39, 0.29) is 23.2 Å². The van der Waals surface area contributed by atoms with Crippen LogP contribution in [0.15, 0.2) is 36.4 Å². The van der Waals surface area contributed by atoms with Crippen molar-refractivity contribution in [3.8, 4) is 0 Å². The molecule has 0 radical (unpaired) electrons. The van der Waals surface area contributed by atoms with Gasteiger partial charge in [0.05, 0.1) is 21.2 Å². The summed E-state index contributed by atoms with van der Waals surface area (Å²) in [6, 6.07) is 8.09. The van der Waals surface area contributed by atoms with Gasteiger partial charge in [-0.2, -0.15) is 4.39 Å². The molecule has 13 heteroatoms. The number of halogens is 1. The molecular weight excluding hydrogens is 489 g/mol. The van der Waals surface area contributed by atoms with E-state index in [1.54, 1.807) is 19.2 Å². The Morgan fingerprint density at radius 2 is 1.43 bits per heavy atom. The molecule has 1 saturated heterocycles. The van der Waals surface area contributed by atoms with Crippen LogP contribution in [-0.2, 0) is 14.3 Å². The molecule has 1 heterocycles. The average Bonchev–Trinajstić information content (AvgIpc) is 2.87. The lowest BCUT2D eigenvalue weighted by Gasteiger charge is -2.23. The van der Waals surface area contributed by atoms with Crippen LogP contribution in [0, 0.1) is 32.0 Å². The summed E-state index contributed by atoms with van der Waals surface area (Å²) in [5.74, 6) is -0.901. The highest BCUT2D eigenvalue weighted by molar-refractivity contribution is 5.92. The van der Waals surface area contributed by atoms with Crippen molar-refractivity contribution < 1.29 is 28.6 Å². The molecule has 2 aromatic rings. The van der Waals surface area contributed by atoms with Crippen molar-refractivity contribution in [1.29, 1.82) is 0 Å². The van der Waals surface area contributed by atoms with E-state index < -0.39 is 21.4 Å². The van der Waals surface area contributed by atoms with E-state index in [1.807, 2.05) is 0 Å². The quantitative estimate of drug-likeness (QED) is 0.424. The van der Waals surface area contributed by atoms with Gasteiger partial charge in [0.15, 0.2) is 0 Å². The lowest BCUT2D eigenvalue weighted by molar-refractivity contribution is -0.387. The second-order valence-corrected chi connectivity index (χ2v) is 8.44. The highest BCUT2D eigenvalue weighted by Crippen LogP contribution is 2.30. The third kappa shape index (κ3) is 8.20.